The minimum Gasteiger partial charge on any atom is -0.475 e. The molecule has 21 heavy (non-hydrogen) atoms. The summed E-state index contributed by atoms with van der Waals surface area (Å²) in [7, 11) is 2.14. The van der Waals surface area contributed by atoms with E-state index in [4.69, 9.17) is 4.74 Å². The van der Waals surface area contributed by atoms with Crippen molar-refractivity contribution >= 4 is 17.3 Å². The fraction of sp³-hybridized carbons (Fsp3) is 0.750. The van der Waals surface area contributed by atoms with Crippen molar-refractivity contribution in [3.05, 3.63) is 11.8 Å². The Morgan fingerprint density at radius 2 is 2.05 bits per heavy atom. The third kappa shape index (κ3) is 6.14. The summed E-state index contributed by atoms with van der Waals surface area (Å²) in [5.74, 6) is 0.725. The summed E-state index contributed by atoms with van der Waals surface area (Å²) in [5.41, 5.74) is 2.21. The van der Waals surface area contributed by atoms with Crippen LogP contribution in [0.4, 0.5) is 0 Å². The minimum atomic E-state index is 0.725. The lowest BCUT2D eigenvalue weighted by Gasteiger charge is -2.22. The molecule has 4 nitrogen and oxygen atoms in total. The topological polar surface area (TPSA) is 38.3 Å². The minimum absolute atomic E-state index is 0.725. The molecule has 0 saturated heterocycles. The van der Waals surface area contributed by atoms with Crippen molar-refractivity contribution in [2.24, 2.45) is 0 Å². The van der Waals surface area contributed by atoms with Gasteiger partial charge < -0.3 is 9.64 Å². The second-order valence-corrected chi connectivity index (χ2v) is 5.61. The maximum absolute atomic E-state index is 5.79. The maximum Gasteiger partial charge on any atom is 0.253 e. The predicted molar refractivity (Wildman–Crippen MR) is 91.0 cm³/mol. The van der Waals surface area contributed by atoms with Gasteiger partial charge in [0.1, 0.15) is 5.69 Å². The summed E-state index contributed by atoms with van der Waals surface area (Å²) in [5, 5.41) is 0. The normalized spacial score (nSPS) is 15.1. The molecule has 2 heterocycles. The van der Waals surface area contributed by atoms with Crippen LogP contribution in [0.15, 0.2) is 6.08 Å². The van der Waals surface area contributed by atoms with Gasteiger partial charge >= 0.3 is 0 Å². The average Bonchev–Trinajstić information content (AvgIpc) is 2.97. The summed E-state index contributed by atoms with van der Waals surface area (Å²) in [6.07, 6.45) is 8.21. The molecule has 0 saturated carbocycles. The third-order valence-corrected chi connectivity index (χ3v) is 3.85. The van der Waals surface area contributed by atoms with Crippen LogP contribution < -0.4 is 4.74 Å². The molecule has 0 unspecified atom stereocenters. The lowest BCUT2D eigenvalue weighted by molar-refractivity contribution is 0.294. The van der Waals surface area contributed by atoms with E-state index in [2.05, 4.69) is 33.7 Å². The number of likely N-dealkylation sites (N-methyl/N-ethyl adjacent to an activating group) is 1. The highest BCUT2D eigenvalue weighted by molar-refractivity contribution is 6.99. The molecule has 1 aromatic heterocycles. The molecular formula is C16H29N3OS. The number of hydrogen-bond acceptors (Lipinski definition) is 5. The number of aromatic nitrogens is 2. The van der Waals surface area contributed by atoms with Crippen molar-refractivity contribution in [2.75, 3.05) is 26.7 Å². The number of rotatable bonds is 7. The molecule has 0 atom stereocenters. The van der Waals surface area contributed by atoms with Gasteiger partial charge in [-0.1, -0.05) is 46.1 Å². The Balaban J connectivity index is 0.00000106. The zero-order valence-electron chi connectivity index (χ0n) is 13.9. The first-order valence-corrected chi connectivity index (χ1v) is 8.87. The van der Waals surface area contributed by atoms with E-state index in [1.165, 1.54) is 36.6 Å². The average molecular weight is 311 g/mol. The first-order valence-electron chi connectivity index (χ1n) is 8.14. The second-order valence-electron chi connectivity index (χ2n) is 5.08. The Morgan fingerprint density at radius 3 is 2.76 bits per heavy atom. The van der Waals surface area contributed by atoms with Crippen LogP contribution in [0, 0.1) is 0 Å². The van der Waals surface area contributed by atoms with Crippen LogP contribution in [-0.4, -0.2) is 40.4 Å². The highest BCUT2D eigenvalue weighted by Gasteiger charge is 2.18. The van der Waals surface area contributed by atoms with Crippen LogP contribution in [-0.2, 0) is 0 Å². The quantitative estimate of drug-likeness (QED) is 0.706. The lowest BCUT2D eigenvalue weighted by atomic mass is 10.1. The Kier molecular flexibility index (Phi) is 9.26. The molecule has 0 bridgehead atoms. The molecule has 120 valence electrons. The Morgan fingerprint density at radius 1 is 1.24 bits per heavy atom. The summed E-state index contributed by atoms with van der Waals surface area (Å²) in [4.78, 5) is 2.31. The van der Waals surface area contributed by atoms with Gasteiger partial charge in [-0.15, -0.1) is 4.37 Å². The van der Waals surface area contributed by atoms with Gasteiger partial charge in [0.2, 0.25) is 0 Å². The Bertz CT molecular complexity index is 417. The number of ether oxygens (including phenoxy) is 1. The van der Waals surface area contributed by atoms with Crippen molar-refractivity contribution < 1.29 is 4.74 Å². The molecule has 0 N–H and O–H groups in total. The van der Waals surface area contributed by atoms with Crippen LogP contribution >= 0.6 is 11.7 Å². The van der Waals surface area contributed by atoms with Crippen LogP contribution in [0.2, 0.25) is 0 Å². The van der Waals surface area contributed by atoms with Crippen molar-refractivity contribution in [1.82, 2.24) is 13.6 Å². The van der Waals surface area contributed by atoms with E-state index in [9.17, 15) is 0 Å². The molecule has 1 aliphatic rings. The first kappa shape index (κ1) is 18.1. The van der Waals surface area contributed by atoms with Gasteiger partial charge in [0, 0.05) is 13.1 Å². The van der Waals surface area contributed by atoms with Crippen molar-refractivity contribution in [1.29, 1.82) is 0 Å². The third-order valence-electron chi connectivity index (χ3n) is 3.34. The van der Waals surface area contributed by atoms with Crippen molar-refractivity contribution in [3.8, 4) is 5.88 Å². The number of nitrogens with zero attached hydrogens (tertiary/aromatic N) is 3. The second kappa shape index (κ2) is 10.7. The first-order chi connectivity index (χ1) is 10.3. The van der Waals surface area contributed by atoms with E-state index in [1.54, 1.807) is 0 Å². The molecule has 1 aliphatic heterocycles. The molecule has 0 aromatic carbocycles. The van der Waals surface area contributed by atoms with Gasteiger partial charge in [0.05, 0.1) is 18.3 Å². The van der Waals surface area contributed by atoms with E-state index in [-0.39, 0.29) is 0 Å². The zero-order valence-corrected chi connectivity index (χ0v) is 14.7. The lowest BCUT2D eigenvalue weighted by Crippen LogP contribution is -2.25. The van der Waals surface area contributed by atoms with E-state index < -0.39 is 0 Å². The van der Waals surface area contributed by atoms with E-state index in [1.807, 2.05) is 13.8 Å². The van der Waals surface area contributed by atoms with E-state index in [0.29, 0.717) is 0 Å². The number of hydrogen-bond donors (Lipinski definition) is 0. The fourth-order valence-corrected chi connectivity index (χ4v) is 2.77. The highest BCUT2D eigenvalue weighted by Crippen LogP contribution is 2.27. The van der Waals surface area contributed by atoms with Crippen LogP contribution in [0.1, 0.15) is 58.6 Å². The maximum atomic E-state index is 5.79. The smallest absolute Gasteiger partial charge is 0.253 e. The Hall–Kier alpha value is -0.940. The molecule has 2 rings (SSSR count). The SMILES string of the molecule is CC.CCCCCCOc1nsnc1C1=CCCN(C)C1. The Labute approximate surface area is 133 Å². The van der Waals surface area contributed by atoms with Crippen LogP contribution in [0.3, 0.4) is 0 Å². The summed E-state index contributed by atoms with van der Waals surface area (Å²) in [6.45, 7) is 9.03. The molecule has 5 heteroatoms. The van der Waals surface area contributed by atoms with Gasteiger partial charge in [0.15, 0.2) is 0 Å². The molecule has 1 aromatic rings. The summed E-state index contributed by atoms with van der Waals surface area (Å²) in [6, 6.07) is 0. The van der Waals surface area contributed by atoms with Gasteiger partial charge in [0.25, 0.3) is 5.88 Å². The monoisotopic (exact) mass is 311 g/mol. The summed E-state index contributed by atoms with van der Waals surface area (Å²) < 4.78 is 14.5. The number of unbranched alkanes of at least 4 members (excludes halogenated alkanes) is 3. The van der Waals surface area contributed by atoms with Crippen molar-refractivity contribution in [3.63, 3.8) is 0 Å². The summed E-state index contributed by atoms with van der Waals surface area (Å²) >= 11 is 1.25. The predicted octanol–water partition coefficient (Wildman–Crippen LogP) is 4.24. The van der Waals surface area contributed by atoms with Crippen molar-refractivity contribution in [2.45, 2.75) is 52.9 Å². The largest absolute Gasteiger partial charge is 0.475 e. The van der Waals surface area contributed by atoms with Crippen LogP contribution in [0.5, 0.6) is 5.88 Å². The molecule has 0 spiro atoms. The van der Waals surface area contributed by atoms with E-state index in [0.717, 1.165) is 44.1 Å². The molecule has 0 amide bonds. The molecule has 0 fully saturated rings. The van der Waals surface area contributed by atoms with Gasteiger partial charge in [-0.3, -0.25) is 0 Å². The van der Waals surface area contributed by atoms with Gasteiger partial charge in [-0.25, -0.2) is 0 Å². The molecule has 0 aliphatic carbocycles. The fourth-order valence-electron chi connectivity index (χ4n) is 2.23. The van der Waals surface area contributed by atoms with Crippen LogP contribution in [0.25, 0.3) is 5.57 Å². The molecule has 0 radical (unpaired) electrons. The van der Waals surface area contributed by atoms with Gasteiger partial charge in [-0.05, 0) is 25.5 Å². The highest BCUT2D eigenvalue weighted by atomic mass is 32.1. The standard InChI is InChI=1S/C14H23N3OS.C2H6/c1-3-4-5-6-10-18-14-13(15-19-16-14)12-8-7-9-17(2)11-12;1-2/h8H,3-7,9-11H2,1-2H3;1-2H3. The zero-order chi connectivity index (χ0) is 15.5. The van der Waals surface area contributed by atoms with Gasteiger partial charge in [-0.2, -0.15) is 4.37 Å². The molecular weight excluding hydrogens is 282 g/mol. The van der Waals surface area contributed by atoms with E-state index >= 15 is 0 Å².